The van der Waals surface area contributed by atoms with Gasteiger partial charge >= 0.3 is 0 Å². The summed E-state index contributed by atoms with van der Waals surface area (Å²) < 4.78 is 0. The molecule has 1 aromatic rings. The molecular weight excluding hydrogens is 250 g/mol. The van der Waals surface area contributed by atoms with Crippen LogP contribution in [0.5, 0.6) is 0 Å². The molecule has 4 nitrogen and oxygen atoms in total. The number of carbonyl (C=O) groups is 1. The molecule has 5 heteroatoms. The van der Waals surface area contributed by atoms with Crippen molar-refractivity contribution in [3.05, 3.63) is 29.0 Å². The zero-order valence-electron chi connectivity index (χ0n) is 10.4. The number of rotatable bonds is 3. The first-order chi connectivity index (χ1) is 8.69. The van der Waals surface area contributed by atoms with E-state index in [0.717, 1.165) is 25.7 Å². The number of aromatic nitrogens is 1. The van der Waals surface area contributed by atoms with Crippen molar-refractivity contribution in [2.45, 2.75) is 37.8 Å². The van der Waals surface area contributed by atoms with Crippen LogP contribution in [0.15, 0.2) is 18.3 Å². The van der Waals surface area contributed by atoms with E-state index in [1.165, 1.54) is 6.20 Å². The summed E-state index contributed by atoms with van der Waals surface area (Å²) in [6.45, 7) is 0. The highest BCUT2D eigenvalue weighted by Crippen LogP contribution is 2.18. The first-order valence-electron chi connectivity index (χ1n) is 6.28. The first kappa shape index (κ1) is 13.3. The summed E-state index contributed by atoms with van der Waals surface area (Å²) in [6, 6.07) is 4.18. The SMILES string of the molecule is CNC1CCC(NC(=O)c2ccc(Cl)cn2)CC1. The van der Waals surface area contributed by atoms with Gasteiger partial charge in [-0.3, -0.25) is 4.79 Å². The summed E-state index contributed by atoms with van der Waals surface area (Å²) in [7, 11) is 1.99. The Bertz CT molecular complexity index is 399. The van der Waals surface area contributed by atoms with Gasteiger partial charge in [-0.2, -0.15) is 0 Å². The number of amides is 1. The van der Waals surface area contributed by atoms with E-state index >= 15 is 0 Å². The summed E-state index contributed by atoms with van der Waals surface area (Å²) in [4.78, 5) is 16.0. The fourth-order valence-corrected chi connectivity index (χ4v) is 2.41. The average Bonchev–Trinajstić information content (AvgIpc) is 2.40. The van der Waals surface area contributed by atoms with Gasteiger partial charge in [0.1, 0.15) is 5.69 Å². The largest absolute Gasteiger partial charge is 0.348 e. The molecule has 0 radical (unpaired) electrons. The molecule has 2 rings (SSSR count). The Kier molecular flexibility index (Phi) is 4.55. The maximum Gasteiger partial charge on any atom is 0.270 e. The highest BCUT2D eigenvalue weighted by Gasteiger charge is 2.21. The number of nitrogens with zero attached hydrogens (tertiary/aromatic N) is 1. The Balaban J connectivity index is 1.86. The molecule has 1 fully saturated rings. The fraction of sp³-hybridized carbons (Fsp3) is 0.538. The number of nitrogens with one attached hydrogen (secondary N) is 2. The van der Waals surface area contributed by atoms with Gasteiger partial charge in [0, 0.05) is 18.3 Å². The van der Waals surface area contributed by atoms with E-state index in [9.17, 15) is 4.79 Å². The molecule has 1 aliphatic rings. The standard InChI is InChI=1S/C13H18ClN3O/c1-15-10-3-5-11(6-4-10)17-13(18)12-7-2-9(14)8-16-12/h2,7-8,10-11,15H,3-6H2,1H3,(H,17,18). The number of hydrogen-bond acceptors (Lipinski definition) is 3. The Morgan fingerprint density at radius 3 is 2.50 bits per heavy atom. The van der Waals surface area contributed by atoms with Crippen LogP contribution in [0.3, 0.4) is 0 Å². The van der Waals surface area contributed by atoms with E-state index in [-0.39, 0.29) is 11.9 Å². The van der Waals surface area contributed by atoms with Crippen LogP contribution in [0, 0.1) is 0 Å². The lowest BCUT2D eigenvalue weighted by Crippen LogP contribution is -2.41. The van der Waals surface area contributed by atoms with Crippen molar-refractivity contribution < 1.29 is 4.79 Å². The van der Waals surface area contributed by atoms with Crippen LogP contribution in [0.1, 0.15) is 36.2 Å². The molecule has 1 saturated carbocycles. The van der Waals surface area contributed by atoms with Crippen molar-refractivity contribution >= 4 is 17.5 Å². The molecular formula is C13H18ClN3O. The van der Waals surface area contributed by atoms with Gasteiger partial charge in [0.15, 0.2) is 0 Å². The van der Waals surface area contributed by atoms with Crippen molar-refractivity contribution in [2.24, 2.45) is 0 Å². The van der Waals surface area contributed by atoms with Crippen LogP contribution in [0.25, 0.3) is 0 Å². The van der Waals surface area contributed by atoms with Crippen molar-refractivity contribution in [1.82, 2.24) is 15.6 Å². The summed E-state index contributed by atoms with van der Waals surface area (Å²) in [6.07, 6.45) is 5.75. The van der Waals surface area contributed by atoms with Gasteiger partial charge in [-0.1, -0.05) is 11.6 Å². The second-order valence-corrected chi connectivity index (χ2v) is 5.11. The summed E-state index contributed by atoms with van der Waals surface area (Å²) in [5, 5.41) is 6.85. The minimum Gasteiger partial charge on any atom is -0.348 e. The monoisotopic (exact) mass is 267 g/mol. The van der Waals surface area contributed by atoms with Gasteiger partial charge in [0.2, 0.25) is 0 Å². The predicted molar refractivity (Wildman–Crippen MR) is 71.8 cm³/mol. The molecule has 1 aromatic heterocycles. The third kappa shape index (κ3) is 3.43. The van der Waals surface area contributed by atoms with E-state index in [0.29, 0.717) is 16.8 Å². The van der Waals surface area contributed by atoms with Gasteiger partial charge in [0.25, 0.3) is 5.91 Å². The molecule has 0 unspecified atom stereocenters. The normalized spacial score (nSPS) is 23.7. The molecule has 1 aliphatic carbocycles. The van der Waals surface area contributed by atoms with Crippen molar-refractivity contribution in [2.75, 3.05) is 7.05 Å². The van der Waals surface area contributed by atoms with Gasteiger partial charge in [0.05, 0.1) is 5.02 Å². The van der Waals surface area contributed by atoms with Crippen LogP contribution in [-0.4, -0.2) is 30.0 Å². The molecule has 0 aliphatic heterocycles. The number of halogens is 1. The number of pyridine rings is 1. The molecule has 0 aromatic carbocycles. The third-order valence-electron chi connectivity index (χ3n) is 3.43. The Morgan fingerprint density at radius 2 is 1.94 bits per heavy atom. The maximum absolute atomic E-state index is 11.9. The van der Waals surface area contributed by atoms with Crippen molar-refractivity contribution in [3.63, 3.8) is 0 Å². The number of carbonyl (C=O) groups excluding carboxylic acids is 1. The molecule has 98 valence electrons. The van der Waals surface area contributed by atoms with Crippen LogP contribution >= 0.6 is 11.6 Å². The van der Waals surface area contributed by atoms with Gasteiger partial charge in [-0.15, -0.1) is 0 Å². The van der Waals surface area contributed by atoms with Gasteiger partial charge in [-0.05, 0) is 44.9 Å². The zero-order valence-corrected chi connectivity index (χ0v) is 11.2. The van der Waals surface area contributed by atoms with Crippen molar-refractivity contribution in [1.29, 1.82) is 0 Å². The Hall–Kier alpha value is -1.13. The van der Waals surface area contributed by atoms with Gasteiger partial charge in [-0.25, -0.2) is 4.98 Å². The average molecular weight is 268 g/mol. The lowest BCUT2D eigenvalue weighted by Gasteiger charge is -2.28. The molecule has 1 amide bonds. The smallest absolute Gasteiger partial charge is 0.270 e. The van der Waals surface area contributed by atoms with E-state index in [1.807, 2.05) is 7.05 Å². The lowest BCUT2D eigenvalue weighted by molar-refractivity contribution is 0.0919. The summed E-state index contributed by atoms with van der Waals surface area (Å²) in [5.41, 5.74) is 0.426. The molecule has 18 heavy (non-hydrogen) atoms. The molecule has 0 spiro atoms. The zero-order chi connectivity index (χ0) is 13.0. The predicted octanol–water partition coefficient (Wildman–Crippen LogP) is 2.00. The summed E-state index contributed by atoms with van der Waals surface area (Å²) >= 11 is 5.74. The van der Waals surface area contributed by atoms with Crippen LogP contribution in [0.4, 0.5) is 0 Å². The Morgan fingerprint density at radius 1 is 1.28 bits per heavy atom. The topological polar surface area (TPSA) is 54.0 Å². The fourth-order valence-electron chi connectivity index (χ4n) is 2.30. The van der Waals surface area contributed by atoms with E-state index in [4.69, 9.17) is 11.6 Å². The van der Waals surface area contributed by atoms with Crippen LogP contribution < -0.4 is 10.6 Å². The van der Waals surface area contributed by atoms with E-state index in [2.05, 4.69) is 15.6 Å². The quantitative estimate of drug-likeness (QED) is 0.881. The first-order valence-corrected chi connectivity index (χ1v) is 6.66. The highest BCUT2D eigenvalue weighted by atomic mass is 35.5. The van der Waals surface area contributed by atoms with Crippen LogP contribution in [-0.2, 0) is 0 Å². The molecule has 0 atom stereocenters. The van der Waals surface area contributed by atoms with Crippen LogP contribution in [0.2, 0.25) is 5.02 Å². The number of hydrogen-bond donors (Lipinski definition) is 2. The second kappa shape index (κ2) is 6.16. The molecule has 1 heterocycles. The highest BCUT2D eigenvalue weighted by molar-refractivity contribution is 6.30. The minimum absolute atomic E-state index is 0.112. The lowest BCUT2D eigenvalue weighted by atomic mass is 9.91. The van der Waals surface area contributed by atoms with E-state index in [1.54, 1.807) is 12.1 Å². The summed E-state index contributed by atoms with van der Waals surface area (Å²) in [5.74, 6) is -0.112. The molecule has 0 saturated heterocycles. The third-order valence-corrected chi connectivity index (χ3v) is 3.65. The second-order valence-electron chi connectivity index (χ2n) is 4.67. The maximum atomic E-state index is 11.9. The van der Waals surface area contributed by atoms with Crippen molar-refractivity contribution in [3.8, 4) is 0 Å². The molecule has 2 N–H and O–H groups in total. The van der Waals surface area contributed by atoms with E-state index < -0.39 is 0 Å². The minimum atomic E-state index is -0.112. The molecule has 0 bridgehead atoms. The van der Waals surface area contributed by atoms with Gasteiger partial charge < -0.3 is 10.6 Å². The Labute approximate surface area is 112 Å².